The lowest BCUT2D eigenvalue weighted by molar-refractivity contribution is 0.0618. The number of sulfonamides is 1. The Hall–Kier alpha value is -2.96. The van der Waals surface area contributed by atoms with Crippen molar-refractivity contribution in [3.05, 3.63) is 101 Å². The molecule has 0 saturated carbocycles. The predicted octanol–water partition coefficient (Wildman–Crippen LogP) is 3.36. The van der Waals surface area contributed by atoms with Gasteiger partial charge in [-0.05, 0) is 30.7 Å². The highest BCUT2D eigenvalue weighted by Gasteiger charge is 2.61. The van der Waals surface area contributed by atoms with Gasteiger partial charge in [-0.3, -0.25) is 4.79 Å². The molecule has 2 aliphatic rings. The second kappa shape index (κ2) is 6.27. The Morgan fingerprint density at radius 1 is 0.828 bits per heavy atom. The molecule has 29 heavy (non-hydrogen) atoms. The van der Waals surface area contributed by atoms with E-state index in [1.165, 1.54) is 4.31 Å². The van der Waals surface area contributed by atoms with Crippen LogP contribution in [0.25, 0.3) is 0 Å². The molecular weight excluding hydrogens is 384 g/mol. The zero-order chi connectivity index (χ0) is 20.2. The topological polar surface area (TPSA) is 57.7 Å². The number of hydrogen-bond donors (Lipinski definition) is 0. The third kappa shape index (κ3) is 2.36. The van der Waals surface area contributed by atoms with E-state index in [1.807, 2.05) is 55.5 Å². The maximum atomic E-state index is 13.8. The van der Waals surface area contributed by atoms with Crippen molar-refractivity contribution in [1.29, 1.82) is 0 Å². The van der Waals surface area contributed by atoms with E-state index < -0.39 is 15.7 Å². The standard InChI is InChI=1S/C23H20N2O3S/c1-17-11-13-19(14-12-17)29(27,28)25-16-15-24-22(26)20-9-5-6-10-21(20)23(24,25)18-7-3-2-4-8-18/h2-14H,15-16H2,1H3/t23-/m1/s1. The van der Waals surface area contributed by atoms with Gasteiger partial charge in [0.25, 0.3) is 5.91 Å². The van der Waals surface area contributed by atoms with Crippen LogP contribution in [-0.4, -0.2) is 36.6 Å². The molecule has 3 aromatic carbocycles. The molecule has 1 saturated heterocycles. The lowest BCUT2D eigenvalue weighted by Crippen LogP contribution is -2.51. The molecule has 0 bridgehead atoms. The van der Waals surface area contributed by atoms with Gasteiger partial charge in [0.05, 0.1) is 4.90 Å². The van der Waals surface area contributed by atoms with Crippen LogP contribution in [0.4, 0.5) is 0 Å². The summed E-state index contributed by atoms with van der Waals surface area (Å²) in [6.45, 7) is 2.50. The fraction of sp³-hybridized carbons (Fsp3) is 0.174. The Morgan fingerprint density at radius 2 is 1.48 bits per heavy atom. The Labute approximate surface area is 170 Å². The van der Waals surface area contributed by atoms with Crippen molar-refractivity contribution in [3.8, 4) is 0 Å². The highest BCUT2D eigenvalue weighted by atomic mass is 32.2. The Bertz CT molecular complexity index is 1210. The molecule has 1 fully saturated rings. The fourth-order valence-corrected chi connectivity index (χ4v) is 6.26. The average Bonchev–Trinajstić information content (AvgIpc) is 3.26. The van der Waals surface area contributed by atoms with Crippen molar-refractivity contribution in [2.75, 3.05) is 13.1 Å². The van der Waals surface area contributed by atoms with E-state index in [0.29, 0.717) is 17.7 Å². The van der Waals surface area contributed by atoms with Crippen LogP contribution in [0.5, 0.6) is 0 Å². The SMILES string of the molecule is Cc1ccc(S(=O)(=O)N2CCN3C(=O)c4ccccc4[C@]32c2ccccc2)cc1. The van der Waals surface area contributed by atoms with Crippen molar-refractivity contribution in [3.63, 3.8) is 0 Å². The monoisotopic (exact) mass is 404 g/mol. The Balaban J connectivity index is 1.80. The minimum atomic E-state index is -3.84. The summed E-state index contributed by atoms with van der Waals surface area (Å²) in [5.74, 6) is -0.133. The van der Waals surface area contributed by atoms with Gasteiger partial charge in [0.1, 0.15) is 0 Å². The molecule has 0 N–H and O–H groups in total. The Morgan fingerprint density at radius 3 is 2.21 bits per heavy atom. The molecule has 0 radical (unpaired) electrons. The van der Waals surface area contributed by atoms with Gasteiger partial charge in [-0.1, -0.05) is 66.2 Å². The molecule has 2 aliphatic heterocycles. The first kappa shape index (κ1) is 18.1. The lowest BCUT2D eigenvalue weighted by Gasteiger charge is -2.39. The second-order valence-electron chi connectivity index (χ2n) is 7.43. The minimum Gasteiger partial charge on any atom is -0.310 e. The predicted molar refractivity (Wildman–Crippen MR) is 110 cm³/mol. The van der Waals surface area contributed by atoms with Crippen LogP contribution in [0.2, 0.25) is 0 Å². The van der Waals surface area contributed by atoms with Crippen molar-refractivity contribution in [2.24, 2.45) is 0 Å². The molecule has 6 heteroatoms. The van der Waals surface area contributed by atoms with E-state index in [4.69, 9.17) is 0 Å². The van der Waals surface area contributed by atoms with E-state index in [-0.39, 0.29) is 17.3 Å². The maximum absolute atomic E-state index is 13.8. The zero-order valence-corrected chi connectivity index (χ0v) is 16.8. The number of benzene rings is 3. The fourth-order valence-electron chi connectivity index (χ4n) is 4.55. The summed E-state index contributed by atoms with van der Waals surface area (Å²) in [6.07, 6.45) is 0. The molecule has 5 rings (SSSR count). The van der Waals surface area contributed by atoms with Crippen molar-refractivity contribution < 1.29 is 13.2 Å². The molecular formula is C23H20N2O3S. The van der Waals surface area contributed by atoms with Crippen molar-refractivity contribution in [2.45, 2.75) is 17.5 Å². The van der Waals surface area contributed by atoms with Gasteiger partial charge < -0.3 is 4.90 Å². The summed E-state index contributed by atoms with van der Waals surface area (Å²) in [5.41, 5.74) is 1.86. The third-order valence-corrected chi connectivity index (χ3v) is 7.74. The third-order valence-electron chi connectivity index (χ3n) is 5.84. The summed E-state index contributed by atoms with van der Waals surface area (Å²) in [4.78, 5) is 15.1. The number of nitrogens with zero attached hydrogens (tertiary/aromatic N) is 2. The normalized spacial score (nSPS) is 21.3. The minimum absolute atomic E-state index is 0.133. The molecule has 146 valence electrons. The maximum Gasteiger partial charge on any atom is 0.256 e. The molecule has 0 aromatic heterocycles. The molecule has 5 nitrogen and oxygen atoms in total. The van der Waals surface area contributed by atoms with Gasteiger partial charge in [0.2, 0.25) is 10.0 Å². The first-order chi connectivity index (χ1) is 14.0. The van der Waals surface area contributed by atoms with E-state index in [1.54, 1.807) is 35.2 Å². The Kier molecular flexibility index (Phi) is 3.91. The molecule has 0 aliphatic carbocycles. The van der Waals surface area contributed by atoms with Crippen molar-refractivity contribution >= 4 is 15.9 Å². The van der Waals surface area contributed by atoms with Crippen LogP contribution in [0, 0.1) is 6.92 Å². The van der Waals surface area contributed by atoms with E-state index in [9.17, 15) is 13.2 Å². The molecule has 0 unspecified atom stereocenters. The van der Waals surface area contributed by atoms with Crippen LogP contribution in [0.1, 0.15) is 27.0 Å². The van der Waals surface area contributed by atoms with Crippen LogP contribution >= 0.6 is 0 Å². The number of aryl methyl sites for hydroxylation is 1. The van der Waals surface area contributed by atoms with Gasteiger partial charge >= 0.3 is 0 Å². The summed E-state index contributed by atoms with van der Waals surface area (Å²) in [7, 11) is -3.84. The lowest BCUT2D eigenvalue weighted by atomic mass is 9.91. The number of carbonyl (C=O) groups is 1. The van der Waals surface area contributed by atoms with Crippen LogP contribution in [0.3, 0.4) is 0 Å². The van der Waals surface area contributed by atoms with E-state index in [2.05, 4.69) is 0 Å². The number of carbonyl (C=O) groups excluding carboxylic acids is 1. The van der Waals surface area contributed by atoms with Crippen molar-refractivity contribution in [1.82, 2.24) is 9.21 Å². The van der Waals surface area contributed by atoms with Gasteiger partial charge in [-0.2, -0.15) is 4.31 Å². The van der Waals surface area contributed by atoms with E-state index in [0.717, 1.165) is 11.1 Å². The molecule has 0 spiro atoms. The quantitative estimate of drug-likeness (QED) is 0.673. The average molecular weight is 404 g/mol. The first-order valence-corrected chi connectivity index (χ1v) is 11.0. The van der Waals surface area contributed by atoms with E-state index >= 15 is 0 Å². The highest BCUT2D eigenvalue weighted by molar-refractivity contribution is 7.89. The van der Waals surface area contributed by atoms with Crippen LogP contribution in [-0.2, 0) is 15.7 Å². The number of hydrogen-bond acceptors (Lipinski definition) is 3. The number of fused-ring (bicyclic) bond motifs is 3. The molecule has 1 atom stereocenters. The summed E-state index contributed by atoms with van der Waals surface area (Å²) < 4.78 is 29.0. The molecule has 3 aromatic rings. The zero-order valence-electron chi connectivity index (χ0n) is 15.9. The van der Waals surface area contributed by atoms with Crippen LogP contribution in [0.15, 0.2) is 83.8 Å². The van der Waals surface area contributed by atoms with Gasteiger partial charge in [-0.15, -0.1) is 0 Å². The molecule has 1 amide bonds. The first-order valence-electron chi connectivity index (χ1n) is 9.54. The smallest absolute Gasteiger partial charge is 0.256 e. The summed E-state index contributed by atoms with van der Waals surface area (Å²) in [5, 5.41) is 0. The largest absolute Gasteiger partial charge is 0.310 e. The highest BCUT2D eigenvalue weighted by Crippen LogP contribution is 2.51. The van der Waals surface area contributed by atoms with Crippen LogP contribution < -0.4 is 0 Å². The van der Waals surface area contributed by atoms with Gasteiger partial charge in [0, 0.05) is 24.2 Å². The second-order valence-corrected chi connectivity index (χ2v) is 9.29. The number of rotatable bonds is 3. The van der Waals surface area contributed by atoms with Gasteiger partial charge in [0.15, 0.2) is 5.66 Å². The van der Waals surface area contributed by atoms with Gasteiger partial charge in [-0.25, -0.2) is 8.42 Å². The summed E-state index contributed by atoms with van der Waals surface area (Å²) in [6, 6.07) is 23.6. The molecule has 2 heterocycles. The summed E-state index contributed by atoms with van der Waals surface area (Å²) >= 11 is 0. The number of amides is 1.